The Kier molecular flexibility index (Phi) is 8.51. The molecule has 2 saturated carbocycles. The van der Waals surface area contributed by atoms with Gasteiger partial charge in [0.15, 0.2) is 0 Å². The minimum Gasteiger partial charge on any atom is -0.193 e. The van der Waals surface area contributed by atoms with Crippen LogP contribution in [-0.2, 0) is 0 Å². The lowest BCUT2D eigenvalue weighted by atomic mass is 9.75. The quantitative estimate of drug-likeness (QED) is 0.374. The number of nitriles is 1. The Morgan fingerprint density at radius 2 is 1.30 bits per heavy atom. The van der Waals surface area contributed by atoms with Crippen molar-refractivity contribution in [2.45, 2.75) is 84.0 Å². The topological polar surface area (TPSA) is 23.8 Å². The maximum Gasteiger partial charge on any atom is 0.0912 e. The molecular formula is C22H35N. The molecule has 0 aromatic carbocycles. The molecule has 2 rings (SSSR count). The number of rotatable bonds is 7. The SMILES string of the molecule is CCC[C@H]1CC[C@H](CCC2CCC(C=CC=CC#N)CC2)CC1. The Morgan fingerprint density at radius 1 is 0.783 bits per heavy atom. The second kappa shape index (κ2) is 10.7. The molecule has 0 aromatic rings. The molecule has 0 radical (unpaired) electrons. The smallest absolute Gasteiger partial charge is 0.0912 e. The van der Waals surface area contributed by atoms with Crippen LogP contribution < -0.4 is 0 Å². The molecule has 0 heterocycles. The summed E-state index contributed by atoms with van der Waals surface area (Å²) < 4.78 is 0. The van der Waals surface area contributed by atoms with Gasteiger partial charge in [0.05, 0.1) is 6.07 Å². The van der Waals surface area contributed by atoms with Crippen LogP contribution in [0.25, 0.3) is 0 Å². The minimum absolute atomic E-state index is 0.749. The van der Waals surface area contributed by atoms with Gasteiger partial charge in [-0.05, 0) is 49.4 Å². The summed E-state index contributed by atoms with van der Waals surface area (Å²) in [4.78, 5) is 0. The molecule has 2 fully saturated rings. The Bertz CT molecular complexity index is 398. The van der Waals surface area contributed by atoms with Crippen LogP contribution in [0.5, 0.6) is 0 Å². The summed E-state index contributed by atoms with van der Waals surface area (Å²) in [5.41, 5.74) is 0. The summed E-state index contributed by atoms with van der Waals surface area (Å²) in [5.74, 6) is 3.83. The zero-order valence-corrected chi connectivity index (χ0v) is 15.1. The molecule has 0 spiro atoms. The summed E-state index contributed by atoms with van der Waals surface area (Å²) in [5, 5.41) is 8.47. The third-order valence-corrected chi connectivity index (χ3v) is 6.20. The molecular weight excluding hydrogens is 278 g/mol. The molecule has 0 unspecified atom stereocenters. The summed E-state index contributed by atoms with van der Waals surface area (Å²) >= 11 is 0. The van der Waals surface area contributed by atoms with E-state index in [0.717, 1.165) is 23.7 Å². The van der Waals surface area contributed by atoms with Crippen molar-refractivity contribution >= 4 is 0 Å². The number of hydrogen-bond acceptors (Lipinski definition) is 1. The highest BCUT2D eigenvalue weighted by atomic mass is 14.3. The monoisotopic (exact) mass is 313 g/mol. The van der Waals surface area contributed by atoms with E-state index in [1.165, 1.54) is 77.0 Å². The number of allylic oxidation sites excluding steroid dienone is 4. The lowest BCUT2D eigenvalue weighted by molar-refractivity contribution is 0.221. The standard InChI is InChI=1S/C22H35N/c1-2-6-19-8-12-21(13-9-19)16-17-22-14-10-20(11-15-22)7-4-3-5-18-23/h3-5,7,19-22H,2,6,8-17H2,1H3/t19-,20?,21-,22?. The predicted molar refractivity (Wildman–Crippen MR) is 98.9 cm³/mol. The lowest BCUT2D eigenvalue weighted by Gasteiger charge is -2.31. The third-order valence-electron chi connectivity index (χ3n) is 6.20. The van der Waals surface area contributed by atoms with Crippen LogP contribution in [0, 0.1) is 35.0 Å². The molecule has 128 valence electrons. The zero-order chi connectivity index (χ0) is 16.3. The van der Waals surface area contributed by atoms with Crippen LogP contribution >= 0.6 is 0 Å². The highest BCUT2D eigenvalue weighted by molar-refractivity contribution is 5.12. The molecule has 0 atom stereocenters. The van der Waals surface area contributed by atoms with E-state index in [1.807, 2.05) is 12.1 Å². The average Bonchev–Trinajstić information content (AvgIpc) is 2.59. The highest BCUT2D eigenvalue weighted by Crippen LogP contribution is 2.37. The van der Waals surface area contributed by atoms with Gasteiger partial charge in [0.25, 0.3) is 0 Å². The number of hydrogen-bond donors (Lipinski definition) is 0. The van der Waals surface area contributed by atoms with Crippen molar-refractivity contribution < 1.29 is 0 Å². The van der Waals surface area contributed by atoms with Gasteiger partial charge in [-0.25, -0.2) is 0 Å². The van der Waals surface area contributed by atoms with Crippen molar-refractivity contribution in [2.75, 3.05) is 0 Å². The second-order valence-electron chi connectivity index (χ2n) is 7.91. The van der Waals surface area contributed by atoms with Crippen molar-refractivity contribution in [1.82, 2.24) is 0 Å². The lowest BCUT2D eigenvalue weighted by Crippen LogP contribution is -2.17. The van der Waals surface area contributed by atoms with Gasteiger partial charge >= 0.3 is 0 Å². The summed E-state index contributed by atoms with van der Waals surface area (Å²) in [6.45, 7) is 2.33. The van der Waals surface area contributed by atoms with E-state index in [0.29, 0.717) is 0 Å². The van der Waals surface area contributed by atoms with Crippen LogP contribution in [0.1, 0.15) is 84.0 Å². The molecule has 0 saturated heterocycles. The molecule has 1 nitrogen and oxygen atoms in total. The predicted octanol–water partition coefficient (Wildman–Crippen LogP) is 6.82. The van der Waals surface area contributed by atoms with Crippen LogP contribution in [0.2, 0.25) is 0 Å². The summed E-state index contributed by atoms with van der Waals surface area (Å²) in [7, 11) is 0. The maximum atomic E-state index is 8.47. The second-order valence-corrected chi connectivity index (χ2v) is 7.91. The van der Waals surface area contributed by atoms with E-state index in [-0.39, 0.29) is 0 Å². The van der Waals surface area contributed by atoms with E-state index in [1.54, 1.807) is 6.08 Å². The van der Waals surface area contributed by atoms with Crippen molar-refractivity contribution in [3.8, 4) is 6.07 Å². The zero-order valence-electron chi connectivity index (χ0n) is 15.1. The van der Waals surface area contributed by atoms with Crippen molar-refractivity contribution in [3.63, 3.8) is 0 Å². The Balaban J connectivity index is 1.57. The van der Waals surface area contributed by atoms with Gasteiger partial charge in [-0.15, -0.1) is 0 Å². The maximum absolute atomic E-state index is 8.47. The van der Waals surface area contributed by atoms with Gasteiger partial charge < -0.3 is 0 Å². The molecule has 1 heteroatoms. The van der Waals surface area contributed by atoms with Gasteiger partial charge in [-0.3, -0.25) is 0 Å². The van der Waals surface area contributed by atoms with Gasteiger partial charge in [-0.2, -0.15) is 5.26 Å². The molecule has 0 aromatic heterocycles. The molecule has 0 amide bonds. The molecule has 2 aliphatic rings. The minimum atomic E-state index is 0.749. The van der Waals surface area contributed by atoms with E-state index in [9.17, 15) is 0 Å². The largest absolute Gasteiger partial charge is 0.193 e. The van der Waals surface area contributed by atoms with Crippen molar-refractivity contribution in [1.29, 1.82) is 5.26 Å². The van der Waals surface area contributed by atoms with Gasteiger partial charge in [0.2, 0.25) is 0 Å². The molecule has 23 heavy (non-hydrogen) atoms. The first-order valence-corrected chi connectivity index (χ1v) is 10.0. The summed E-state index contributed by atoms with van der Waals surface area (Å²) in [6.07, 6.45) is 25.2. The molecule has 0 aliphatic heterocycles. The first-order chi connectivity index (χ1) is 11.3. The fourth-order valence-electron chi connectivity index (χ4n) is 4.68. The van der Waals surface area contributed by atoms with E-state index in [2.05, 4.69) is 19.1 Å². The normalized spacial score (nSPS) is 32.3. The van der Waals surface area contributed by atoms with E-state index >= 15 is 0 Å². The van der Waals surface area contributed by atoms with Gasteiger partial charge in [0.1, 0.15) is 0 Å². The van der Waals surface area contributed by atoms with Gasteiger partial charge in [-0.1, -0.05) is 76.5 Å². The Labute approximate surface area is 143 Å². The first-order valence-electron chi connectivity index (χ1n) is 10.0. The van der Waals surface area contributed by atoms with Crippen LogP contribution in [-0.4, -0.2) is 0 Å². The van der Waals surface area contributed by atoms with E-state index < -0.39 is 0 Å². The van der Waals surface area contributed by atoms with Crippen LogP contribution in [0.4, 0.5) is 0 Å². The first kappa shape index (κ1) is 18.3. The molecule has 0 N–H and O–H groups in total. The fourth-order valence-corrected chi connectivity index (χ4v) is 4.68. The third kappa shape index (κ3) is 6.94. The average molecular weight is 314 g/mol. The Morgan fingerprint density at radius 3 is 1.83 bits per heavy atom. The Hall–Kier alpha value is -1.03. The summed E-state index contributed by atoms with van der Waals surface area (Å²) in [6, 6.07) is 2.04. The van der Waals surface area contributed by atoms with E-state index in [4.69, 9.17) is 5.26 Å². The van der Waals surface area contributed by atoms with Crippen LogP contribution in [0.3, 0.4) is 0 Å². The molecule has 0 bridgehead atoms. The van der Waals surface area contributed by atoms with Gasteiger partial charge in [0, 0.05) is 6.08 Å². The molecule has 2 aliphatic carbocycles. The number of nitrogens with zero attached hydrogens (tertiary/aromatic N) is 1. The fraction of sp³-hybridized carbons (Fsp3) is 0.773. The van der Waals surface area contributed by atoms with Crippen molar-refractivity contribution in [3.05, 3.63) is 24.3 Å². The van der Waals surface area contributed by atoms with Crippen LogP contribution in [0.15, 0.2) is 24.3 Å². The highest BCUT2D eigenvalue weighted by Gasteiger charge is 2.23. The van der Waals surface area contributed by atoms with Crippen molar-refractivity contribution in [2.24, 2.45) is 23.7 Å².